The van der Waals surface area contributed by atoms with Gasteiger partial charge < -0.3 is 5.32 Å². The summed E-state index contributed by atoms with van der Waals surface area (Å²) in [6.07, 6.45) is 2.49. The van der Waals surface area contributed by atoms with E-state index < -0.39 is 0 Å². The van der Waals surface area contributed by atoms with Crippen LogP contribution in [0.4, 0.5) is 0 Å². The maximum atomic E-state index is 6.28. The van der Waals surface area contributed by atoms with Gasteiger partial charge in [0.05, 0.1) is 0 Å². The van der Waals surface area contributed by atoms with Crippen molar-refractivity contribution >= 4 is 11.6 Å². The van der Waals surface area contributed by atoms with Crippen molar-refractivity contribution in [1.29, 1.82) is 0 Å². The van der Waals surface area contributed by atoms with E-state index in [-0.39, 0.29) is 0 Å². The molecule has 1 fully saturated rings. The highest BCUT2D eigenvalue weighted by atomic mass is 35.5. The Morgan fingerprint density at radius 3 is 2.69 bits per heavy atom. The topological polar surface area (TPSA) is 12.0 Å². The van der Waals surface area contributed by atoms with E-state index in [0.717, 1.165) is 23.4 Å². The Kier molecular flexibility index (Phi) is 3.88. The Morgan fingerprint density at radius 2 is 2.12 bits per heavy atom. The molecule has 2 rings (SSSR count). The number of benzene rings is 1. The minimum atomic E-state index is 0.448. The van der Waals surface area contributed by atoms with Crippen LogP contribution in [0.3, 0.4) is 0 Å². The second-order valence-corrected chi connectivity index (χ2v) is 5.24. The summed E-state index contributed by atoms with van der Waals surface area (Å²) < 4.78 is 0. The van der Waals surface area contributed by atoms with Crippen LogP contribution in [0.5, 0.6) is 0 Å². The summed E-state index contributed by atoms with van der Waals surface area (Å²) in [5.41, 5.74) is 1.27. The minimum absolute atomic E-state index is 0.448. The fourth-order valence-electron chi connectivity index (χ4n) is 2.33. The molecule has 0 heterocycles. The molecule has 2 heteroatoms. The third-order valence-electron chi connectivity index (χ3n) is 3.45. The van der Waals surface area contributed by atoms with Gasteiger partial charge in [0.15, 0.2) is 0 Å². The highest BCUT2D eigenvalue weighted by Gasteiger charge is 2.40. The van der Waals surface area contributed by atoms with E-state index in [1.165, 1.54) is 18.4 Å². The lowest BCUT2D eigenvalue weighted by Crippen LogP contribution is -2.24. The van der Waals surface area contributed by atoms with E-state index in [9.17, 15) is 0 Å². The van der Waals surface area contributed by atoms with E-state index in [2.05, 4.69) is 31.3 Å². The molecular formula is C14H20ClN. The summed E-state index contributed by atoms with van der Waals surface area (Å²) in [7, 11) is 0. The molecule has 0 bridgehead atoms. The standard InChI is InChI=1S/C14H20ClN/c1-3-8-16-14(12-9-10(12)2)11-6-4-5-7-13(11)15/h4-7,10,12,14,16H,3,8-9H2,1-2H3. The lowest BCUT2D eigenvalue weighted by molar-refractivity contribution is 0.463. The molecule has 1 aliphatic carbocycles. The average molecular weight is 238 g/mol. The first-order chi connectivity index (χ1) is 7.74. The summed E-state index contributed by atoms with van der Waals surface area (Å²) in [5.74, 6) is 1.61. The average Bonchev–Trinajstić information content (AvgIpc) is 2.99. The molecule has 0 aliphatic heterocycles. The van der Waals surface area contributed by atoms with Gasteiger partial charge in [-0.25, -0.2) is 0 Å². The molecule has 1 aliphatic rings. The van der Waals surface area contributed by atoms with Crippen molar-refractivity contribution in [3.05, 3.63) is 34.9 Å². The van der Waals surface area contributed by atoms with Gasteiger partial charge in [0.1, 0.15) is 0 Å². The molecule has 0 aromatic heterocycles. The predicted octanol–water partition coefficient (Wildman–Crippen LogP) is 4.04. The molecule has 1 aromatic rings. The third-order valence-corrected chi connectivity index (χ3v) is 3.80. The van der Waals surface area contributed by atoms with Gasteiger partial charge in [-0.1, -0.05) is 43.6 Å². The van der Waals surface area contributed by atoms with E-state index in [0.29, 0.717) is 6.04 Å². The molecule has 3 atom stereocenters. The zero-order valence-electron chi connectivity index (χ0n) is 10.0. The second kappa shape index (κ2) is 5.20. The Hall–Kier alpha value is -0.530. The summed E-state index contributed by atoms with van der Waals surface area (Å²) in [6, 6.07) is 8.67. The molecule has 1 nitrogen and oxygen atoms in total. The Bertz CT molecular complexity index is 350. The van der Waals surface area contributed by atoms with E-state index in [1.807, 2.05) is 12.1 Å². The Morgan fingerprint density at radius 1 is 1.44 bits per heavy atom. The largest absolute Gasteiger partial charge is 0.310 e. The van der Waals surface area contributed by atoms with Gasteiger partial charge in [0.2, 0.25) is 0 Å². The van der Waals surface area contributed by atoms with Crippen LogP contribution >= 0.6 is 11.6 Å². The molecule has 0 saturated heterocycles. The normalized spacial score (nSPS) is 25.4. The van der Waals surface area contributed by atoms with E-state index in [4.69, 9.17) is 11.6 Å². The number of nitrogens with one attached hydrogen (secondary N) is 1. The molecule has 16 heavy (non-hydrogen) atoms. The maximum absolute atomic E-state index is 6.28. The van der Waals surface area contributed by atoms with Crippen LogP contribution in [-0.4, -0.2) is 6.54 Å². The molecular weight excluding hydrogens is 218 g/mol. The smallest absolute Gasteiger partial charge is 0.0453 e. The summed E-state index contributed by atoms with van der Waals surface area (Å²) in [5, 5.41) is 4.53. The highest BCUT2D eigenvalue weighted by Crippen LogP contribution is 2.48. The third kappa shape index (κ3) is 2.58. The molecule has 1 aromatic carbocycles. The minimum Gasteiger partial charge on any atom is -0.310 e. The fourth-order valence-corrected chi connectivity index (χ4v) is 2.59. The van der Waals surface area contributed by atoms with Gasteiger partial charge in [0.25, 0.3) is 0 Å². The van der Waals surface area contributed by atoms with Crippen LogP contribution < -0.4 is 5.32 Å². The summed E-state index contributed by atoms with van der Waals surface area (Å²) in [6.45, 7) is 5.59. The number of hydrogen-bond donors (Lipinski definition) is 1. The van der Waals surface area contributed by atoms with Gasteiger partial charge in [0, 0.05) is 11.1 Å². The van der Waals surface area contributed by atoms with Gasteiger partial charge >= 0.3 is 0 Å². The van der Waals surface area contributed by atoms with Crippen molar-refractivity contribution in [1.82, 2.24) is 5.32 Å². The van der Waals surface area contributed by atoms with Crippen LogP contribution in [-0.2, 0) is 0 Å². The van der Waals surface area contributed by atoms with Crippen molar-refractivity contribution in [2.45, 2.75) is 32.7 Å². The number of halogens is 1. The van der Waals surface area contributed by atoms with Gasteiger partial charge in [-0.05, 0) is 42.9 Å². The zero-order valence-corrected chi connectivity index (χ0v) is 10.8. The first kappa shape index (κ1) is 11.9. The summed E-state index contributed by atoms with van der Waals surface area (Å²) in [4.78, 5) is 0. The summed E-state index contributed by atoms with van der Waals surface area (Å²) >= 11 is 6.28. The molecule has 0 radical (unpaired) electrons. The van der Waals surface area contributed by atoms with Crippen LogP contribution in [0.2, 0.25) is 5.02 Å². The first-order valence-corrected chi connectivity index (χ1v) is 6.59. The van der Waals surface area contributed by atoms with Gasteiger partial charge in [-0.15, -0.1) is 0 Å². The number of hydrogen-bond acceptors (Lipinski definition) is 1. The van der Waals surface area contributed by atoms with Crippen LogP contribution in [0.1, 0.15) is 38.3 Å². The van der Waals surface area contributed by atoms with Crippen LogP contribution in [0.15, 0.2) is 24.3 Å². The highest BCUT2D eigenvalue weighted by molar-refractivity contribution is 6.31. The lowest BCUT2D eigenvalue weighted by atomic mass is 10.0. The zero-order chi connectivity index (χ0) is 11.5. The van der Waals surface area contributed by atoms with E-state index >= 15 is 0 Å². The van der Waals surface area contributed by atoms with Crippen molar-refractivity contribution in [2.24, 2.45) is 11.8 Å². The molecule has 1 saturated carbocycles. The van der Waals surface area contributed by atoms with Crippen molar-refractivity contribution in [3.8, 4) is 0 Å². The van der Waals surface area contributed by atoms with Crippen LogP contribution in [0, 0.1) is 11.8 Å². The molecule has 0 amide bonds. The predicted molar refractivity (Wildman–Crippen MR) is 69.8 cm³/mol. The fraction of sp³-hybridized carbons (Fsp3) is 0.571. The van der Waals surface area contributed by atoms with Crippen molar-refractivity contribution in [2.75, 3.05) is 6.54 Å². The molecule has 0 spiro atoms. The molecule has 3 unspecified atom stereocenters. The van der Waals surface area contributed by atoms with Gasteiger partial charge in [-0.3, -0.25) is 0 Å². The van der Waals surface area contributed by atoms with Gasteiger partial charge in [-0.2, -0.15) is 0 Å². The first-order valence-electron chi connectivity index (χ1n) is 6.21. The SMILES string of the molecule is CCCNC(c1ccccc1Cl)C1CC1C. The monoisotopic (exact) mass is 237 g/mol. The maximum Gasteiger partial charge on any atom is 0.0453 e. The quantitative estimate of drug-likeness (QED) is 0.815. The van der Waals surface area contributed by atoms with Crippen molar-refractivity contribution < 1.29 is 0 Å². The number of rotatable bonds is 5. The Balaban J connectivity index is 2.15. The van der Waals surface area contributed by atoms with Crippen LogP contribution in [0.25, 0.3) is 0 Å². The molecule has 1 N–H and O–H groups in total. The van der Waals surface area contributed by atoms with E-state index in [1.54, 1.807) is 0 Å². The second-order valence-electron chi connectivity index (χ2n) is 4.83. The lowest BCUT2D eigenvalue weighted by Gasteiger charge is -2.20. The molecule has 88 valence electrons. The Labute approximate surface area is 103 Å². The van der Waals surface area contributed by atoms with Crippen molar-refractivity contribution in [3.63, 3.8) is 0 Å².